The van der Waals surface area contributed by atoms with E-state index in [0.29, 0.717) is 30.3 Å². The number of anilines is 1. The van der Waals surface area contributed by atoms with Crippen molar-refractivity contribution >= 4 is 5.95 Å². The van der Waals surface area contributed by atoms with E-state index in [1.165, 1.54) is 22.9 Å². The smallest absolute Gasteiger partial charge is 0.267 e. The van der Waals surface area contributed by atoms with Gasteiger partial charge in [0.25, 0.3) is 5.56 Å². The van der Waals surface area contributed by atoms with Crippen LogP contribution >= 0.6 is 0 Å². The summed E-state index contributed by atoms with van der Waals surface area (Å²) in [5.41, 5.74) is 2.88. The van der Waals surface area contributed by atoms with Crippen LogP contribution in [0.2, 0.25) is 0 Å². The van der Waals surface area contributed by atoms with Crippen LogP contribution in [-0.4, -0.2) is 32.8 Å². The molecule has 1 fully saturated rings. The van der Waals surface area contributed by atoms with Gasteiger partial charge in [0, 0.05) is 36.1 Å². The number of aryl methyl sites for hydroxylation is 2. The lowest BCUT2D eigenvalue weighted by Crippen LogP contribution is -2.51. The van der Waals surface area contributed by atoms with Gasteiger partial charge in [0.15, 0.2) is 0 Å². The number of nitrogens with zero attached hydrogens (tertiary/aromatic N) is 5. The van der Waals surface area contributed by atoms with Crippen LogP contribution in [0.4, 0.5) is 10.3 Å². The maximum absolute atomic E-state index is 13.5. The minimum absolute atomic E-state index is 0.0552. The van der Waals surface area contributed by atoms with Gasteiger partial charge < -0.3 is 4.90 Å². The van der Waals surface area contributed by atoms with Gasteiger partial charge >= 0.3 is 0 Å². The third-order valence-corrected chi connectivity index (χ3v) is 4.41. The summed E-state index contributed by atoms with van der Waals surface area (Å²) in [4.78, 5) is 23.1. The van der Waals surface area contributed by atoms with Gasteiger partial charge in [-0.1, -0.05) is 12.1 Å². The highest BCUT2D eigenvalue weighted by Crippen LogP contribution is 2.25. The van der Waals surface area contributed by atoms with E-state index in [9.17, 15) is 9.18 Å². The Hall–Kier alpha value is -3.09. The summed E-state index contributed by atoms with van der Waals surface area (Å²) in [5, 5.41) is 4.44. The molecule has 0 radical (unpaired) electrons. The van der Waals surface area contributed by atoms with Gasteiger partial charge in [-0.15, -0.1) is 0 Å². The zero-order valence-electron chi connectivity index (χ0n) is 14.6. The molecule has 3 heterocycles. The van der Waals surface area contributed by atoms with Crippen molar-refractivity contribution < 1.29 is 4.39 Å². The molecule has 0 unspecified atom stereocenters. The largest absolute Gasteiger partial charge is 0.336 e. The molecule has 3 aromatic rings. The summed E-state index contributed by atoms with van der Waals surface area (Å²) >= 11 is 0. The summed E-state index contributed by atoms with van der Waals surface area (Å²) in [5.74, 6) is 0.344. The average Bonchev–Trinajstić information content (AvgIpc) is 2.54. The Morgan fingerprint density at radius 3 is 2.46 bits per heavy atom. The summed E-state index contributed by atoms with van der Waals surface area (Å²) < 4.78 is 14.9. The number of hydrogen-bond acceptors (Lipinski definition) is 5. The standard InChI is InChI=1S/C19H18FN5O/c1-12-8-13(2)22-19(21-12)24-10-16(11-24)25-18(26)7-6-17(23-25)14-4-3-5-15(20)9-14/h3-9,16H,10-11H2,1-2H3. The van der Waals surface area contributed by atoms with Crippen LogP contribution in [0, 0.1) is 19.7 Å². The molecule has 7 heteroatoms. The number of benzene rings is 1. The van der Waals surface area contributed by atoms with Crippen molar-refractivity contribution in [1.82, 2.24) is 19.7 Å². The van der Waals surface area contributed by atoms with Crippen LogP contribution in [-0.2, 0) is 0 Å². The van der Waals surface area contributed by atoms with Gasteiger partial charge in [0.05, 0.1) is 11.7 Å². The molecule has 132 valence electrons. The molecule has 1 saturated heterocycles. The van der Waals surface area contributed by atoms with Crippen molar-refractivity contribution in [2.45, 2.75) is 19.9 Å². The Bertz CT molecular complexity index is 1010. The molecule has 0 bridgehead atoms. The molecule has 0 amide bonds. The molecule has 1 aliphatic heterocycles. The number of aromatic nitrogens is 4. The second-order valence-electron chi connectivity index (χ2n) is 6.52. The van der Waals surface area contributed by atoms with Crippen LogP contribution in [0.25, 0.3) is 11.3 Å². The van der Waals surface area contributed by atoms with Gasteiger partial charge in [-0.05, 0) is 38.1 Å². The zero-order valence-corrected chi connectivity index (χ0v) is 14.6. The maximum atomic E-state index is 13.5. The highest BCUT2D eigenvalue weighted by molar-refractivity contribution is 5.58. The molecule has 4 rings (SSSR count). The number of hydrogen-bond donors (Lipinski definition) is 0. The minimum atomic E-state index is -0.330. The topological polar surface area (TPSA) is 63.9 Å². The van der Waals surface area contributed by atoms with E-state index in [2.05, 4.69) is 15.1 Å². The van der Waals surface area contributed by atoms with Crippen molar-refractivity contribution in [1.29, 1.82) is 0 Å². The van der Waals surface area contributed by atoms with E-state index < -0.39 is 0 Å². The van der Waals surface area contributed by atoms with E-state index in [1.807, 2.05) is 24.8 Å². The summed E-state index contributed by atoms with van der Waals surface area (Å²) in [6, 6.07) is 11.2. The first-order chi connectivity index (χ1) is 12.5. The molecule has 0 aliphatic carbocycles. The lowest BCUT2D eigenvalue weighted by Gasteiger charge is -2.39. The second kappa shape index (κ2) is 6.33. The monoisotopic (exact) mass is 351 g/mol. The van der Waals surface area contributed by atoms with Crippen LogP contribution in [0.5, 0.6) is 0 Å². The number of rotatable bonds is 3. The fourth-order valence-corrected chi connectivity index (χ4v) is 3.11. The molecule has 0 N–H and O–H groups in total. The SMILES string of the molecule is Cc1cc(C)nc(N2CC(n3nc(-c4cccc(F)c4)ccc3=O)C2)n1. The molecule has 0 atom stereocenters. The molecule has 6 nitrogen and oxygen atoms in total. The van der Waals surface area contributed by atoms with E-state index in [0.717, 1.165) is 11.4 Å². The first kappa shape index (κ1) is 16.4. The van der Waals surface area contributed by atoms with Crippen LogP contribution in [0.1, 0.15) is 17.4 Å². The van der Waals surface area contributed by atoms with E-state index in [-0.39, 0.29) is 17.4 Å². The molecule has 2 aromatic heterocycles. The maximum Gasteiger partial charge on any atom is 0.267 e. The first-order valence-corrected chi connectivity index (χ1v) is 8.42. The first-order valence-electron chi connectivity index (χ1n) is 8.42. The fourth-order valence-electron chi connectivity index (χ4n) is 3.11. The van der Waals surface area contributed by atoms with Crippen molar-refractivity contribution in [2.24, 2.45) is 0 Å². The van der Waals surface area contributed by atoms with Gasteiger partial charge in [-0.25, -0.2) is 19.0 Å². The Morgan fingerprint density at radius 1 is 1.04 bits per heavy atom. The van der Waals surface area contributed by atoms with E-state index in [4.69, 9.17) is 0 Å². The molecule has 1 aliphatic rings. The quantitative estimate of drug-likeness (QED) is 0.725. The van der Waals surface area contributed by atoms with Gasteiger partial charge in [-0.2, -0.15) is 5.10 Å². The summed E-state index contributed by atoms with van der Waals surface area (Å²) in [7, 11) is 0. The fraction of sp³-hybridized carbons (Fsp3) is 0.263. The van der Waals surface area contributed by atoms with Crippen LogP contribution < -0.4 is 10.5 Å². The summed E-state index contributed by atoms with van der Waals surface area (Å²) in [6.45, 7) is 5.10. The lowest BCUT2D eigenvalue weighted by molar-refractivity contribution is 0.350. The predicted molar refractivity (Wildman–Crippen MR) is 96.6 cm³/mol. The van der Waals surface area contributed by atoms with Crippen molar-refractivity contribution in [3.8, 4) is 11.3 Å². The molecule has 0 saturated carbocycles. The Kier molecular flexibility index (Phi) is 3.99. The normalized spacial score (nSPS) is 14.3. The van der Waals surface area contributed by atoms with Gasteiger partial charge in [0.1, 0.15) is 5.82 Å². The average molecular weight is 351 g/mol. The highest BCUT2D eigenvalue weighted by atomic mass is 19.1. The molecule has 26 heavy (non-hydrogen) atoms. The second-order valence-corrected chi connectivity index (χ2v) is 6.52. The predicted octanol–water partition coefficient (Wildman–Crippen LogP) is 2.52. The third kappa shape index (κ3) is 3.08. The van der Waals surface area contributed by atoms with Gasteiger partial charge in [0.2, 0.25) is 5.95 Å². The van der Waals surface area contributed by atoms with Gasteiger partial charge in [-0.3, -0.25) is 4.79 Å². The third-order valence-electron chi connectivity index (χ3n) is 4.41. The molecular weight excluding hydrogens is 333 g/mol. The molecule has 0 spiro atoms. The molecular formula is C19H18FN5O. The highest BCUT2D eigenvalue weighted by Gasteiger charge is 2.32. The lowest BCUT2D eigenvalue weighted by atomic mass is 10.1. The Balaban J connectivity index is 1.58. The van der Waals surface area contributed by atoms with Crippen LogP contribution in [0.15, 0.2) is 47.3 Å². The van der Waals surface area contributed by atoms with Crippen molar-refractivity contribution in [3.63, 3.8) is 0 Å². The van der Waals surface area contributed by atoms with Crippen molar-refractivity contribution in [3.05, 3.63) is 70.0 Å². The Morgan fingerprint density at radius 2 is 1.77 bits per heavy atom. The van der Waals surface area contributed by atoms with E-state index in [1.54, 1.807) is 18.2 Å². The number of halogens is 1. The summed E-state index contributed by atoms with van der Waals surface area (Å²) in [6.07, 6.45) is 0. The van der Waals surface area contributed by atoms with Crippen molar-refractivity contribution in [2.75, 3.05) is 18.0 Å². The Labute approximate surface area is 150 Å². The van der Waals surface area contributed by atoms with Crippen LogP contribution in [0.3, 0.4) is 0 Å². The zero-order chi connectivity index (χ0) is 18.3. The minimum Gasteiger partial charge on any atom is -0.336 e. The molecule has 1 aromatic carbocycles. The van der Waals surface area contributed by atoms with E-state index >= 15 is 0 Å².